The minimum atomic E-state index is -1.28. The first kappa shape index (κ1) is 16.0. The predicted octanol–water partition coefficient (Wildman–Crippen LogP) is 1.62. The van der Waals surface area contributed by atoms with Crippen LogP contribution < -0.4 is 4.74 Å². The van der Waals surface area contributed by atoms with Crippen LogP contribution >= 0.6 is 0 Å². The number of nitrogens with zero attached hydrogens (tertiary/aromatic N) is 1. The first-order chi connectivity index (χ1) is 10.6. The zero-order valence-corrected chi connectivity index (χ0v) is 12.2. The van der Waals surface area contributed by atoms with Crippen LogP contribution in [0.25, 0.3) is 0 Å². The van der Waals surface area contributed by atoms with Crippen molar-refractivity contribution in [1.82, 2.24) is 0 Å². The van der Waals surface area contributed by atoms with Crippen molar-refractivity contribution in [3.05, 3.63) is 42.5 Å². The molecule has 22 heavy (non-hydrogen) atoms. The normalized spacial score (nSPS) is 20.1. The highest BCUT2D eigenvalue weighted by molar-refractivity contribution is 5.98. The van der Waals surface area contributed by atoms with Crippen LogP contribution in [0.2, 0.25) is 0 Å². The van der Waals surface area contributed by atoms with Crippen LogP contribution in [0.15, 0.2) is 41.9 Å². The van der Waals surface area contributed by atoms with E-state index >= 15 is 0 Å². The zero-order valence-electron chi connectivity index (χ0n) is 12.2. The van der Waals surface area contributed by atoms with Crippen LogP contribution in [0.4, 0.5) is 0 Å². The van der Waals surface area contributed by atoms with E-state index in [0.29, 0.717) is 30.2 Å². The van der Waals surface area contributed by atoms with Gasteiger partial charge in [0.1, 0.15) is 12.4 Å². The van der Waals surface area contributed by atoms with Gasteiger partial charge < -0.3 is 19.7 Å². The van der Waals surface area contributed by atoms with Crippen molar-refractivity contribution >= 4 is 11.9 Å². The van der Waals surface area contributed by atoms with E-state index in [9.17, 15) is 9.90 Å². The van der Waals surface area contributed by atoms with Gasteiger partial charge >= 0.3 is 5.97 Å². The number of ether oxygens (including phenoxy) is 2. The van der Waals surface area contributed by atoms with Gasteiger partial charge in [0.15, 0.2) is 5.54 Å². The molecule has 1 heterocycles. The van der Waals surface area contributed by atoms with E-state index in [2.05, 4.69) is 11.6 Å². The van der Waals surface area contributed by atoms with Crippen LogP contribution in [0, 0.1) is 0 Å². The third-order valence-electron chi connectivity index (χ3n) is 3.32. The molecule has 1 aliphatic heterocycles. The number of hydrogen-bond acceptors (Lipinski definition) is 5. The van der Waals surface area contributed by atoms with Gasteiger partial charge in [-0.05, 0) is 24.3 Å². The molecule has 1 aromatic rings. The van der Waals surface area contributed by atoms with Gasteiger partial charge in [0.25, 0.3) is 0 Å². The largest absolute Gasteiger partial charge is 0.494 e. The Morgan fingerprint density at radius 2 is 2.18 bits per heavy atom. The van der Waals surface area contributed by atoms with Crippen LogP contribution in [0.3, 0.4) is 0 Å². The molecule has 1 atom stereocenters. The Morgan fingerprint density at radius 1 is 1.45 bits per heavy atom. The smallest absolute Gasteiger partial charge is 0.335 e. The van der Waals surface area contributed by atoms with Crippen LogP contribution in [0.1, 0.15) is 18.4 Å². The molecule has 6 heteroatoms. The van der Waals surface area contributed by atoms with E-state index in [1.165, 1.54) is 6.08 Å². The molecule has 1 aromatic carbocycles. The maximum absolute atomic E-state index is 11.4. The maximum atomic E-state index is 11.4. The Labute approximate surface area is 128 Å². The van der Waals surface area contributed by atoms with E-state index < -0.39 is 11.5 Å². The molecule has 118 valence electrons. The number of benzene rings is 1. The number of carboxylic acids is 1. The summed E-state index contributed by atoms with van der Waals surface area (Å²) in [5, 5.41) is 18.1. The molecular weight excluding hydrogens is 286 g/mol. The average Bonchev–Trinajstić information content (AvgIpc) is 2.94. The van der Waals surface area contributed by atoms with Gasteiger partial charge in [-0.25, -0.2) is 9.79 Å². The summed E-state index contributed by atoms with van der Waals surface area (Å²) in [6.45, 7) is 4.10. The first-order valence-corrected chi connectivity index (χ1v) is 7.02. The summed E-state index contributed by atoms with van der Waals surface area (Å²) in [7, 11) is 0. The molecule has 0 aromatic heterocycles. The van der Waals surface area contributed by atoms with Gasteiger partial charge in [0, 0.05) is 25.0 Å². The molecule has 6 nitrogen and oxygen atoms in total. The van der Waals surface area contributed by atoms with Gasteiger partial charge in [0.05, 0.1) is 6.61 Å². The number of aliphatic hydroxyl groups is 1. The summed E-state index contributed by atoms with van der Waals surface area (Å²) < 4.78 is 10.9. The van der Waals surface area contributed by atoms with Crippen molar-refractivity contribution in [1.29, 1.82) is 0 Å². The quantitative estimate of drug-likeness (QED) is 0.563. The lowest BCUT2D eigenvalue weighted by Crippen LogP contribution is -2.37. The van der Waals surface area contributed by atoms with Crippen LogP contribution in [-0.2, 0) is 9.53 Å². The molecule has 0 fully saturated rings. The molecule has 0 aliphatic carbocycles. The fourth-order valence-electron chi connectivity index (χ4n) is 2.08. The number of aliphatic carboxylic acids is 1. The monoisotopic (exact) mass is 305 g/mol. The molecular formula is C16H19NO5. The number of carboxylic acid groups (broad SMARTS) is 1. The number of carbonyl (C=O) groups is 1. The van der Waals surface area contributed by atoms with E-state index in [4.69, 9.17) is 14.6 Å². The molecule has 0 unspecified atom stereocenters. The Balaban J connectivity index is 2.11. The number of aliphatic imine (C=N–C) groups is 1. The fraction of sp³-hybridized carbons (Fsp3) is 0.375. The Kier molecular flexibility index (Phi) is 5.16. The highest BCUT2D eigenvalue weighted by Crippen LogP contribution is 2.27. The van der Waals surface area contributed by atoms with E-state index in [1.54, 1.807) is 24.3 Å². The number of hydrogen-bond donors (Lipinski definition) is 2. The summed E-state index contributed by atoms with van der Waals surface area (Å²) in [5.41, 5.74) is -0.588. The van der Waals surface area contributed by atoms with Gasteiger partial charge in [-0.2, -0.15) is 0 Å². The average molecular weight is 305 g/mol. The highest BCUT2D eigenvalue weighted by atomic mass is 16.5. The van der Waals surface area contributed by atoms with Gasteiger partial charge in [-0.15, -0.1) is 6.58 Å². The van der Waals surface area contributed by atoms with E-state index in [0.717, 1.165) is 0 Å². The molecule has 2 N–H and O–H groups in total. The summed E-state index contributed by atoms with van der Waals surface area (Å²) >= 11 is 0. The molecule has 0 amide bonds. The van der Waals surface area contributed by atoms with Crippen LogP contribution in [-0.4, -0.2) is 47.4 Å². The summed E-state index contributed by atoms with van der Waals surface area (Å²) in [5.74, 6) is -0.0381. The summed E-state index contributed by atoms with van der Waals surface area (Å²) in [4.78, 5) is 15.6. The van der Waals surface area contributed by atoms with Crippen molar-refractivity contribution in [2.45, 2.75) is 18.4 Å². The zero-order chi connectivity index (χ0) is 16.0. The lowest BCUT2D eigenvalue weighted by atomic mass is 9.98. The Morgan fingerprint density at radius 3 is 2.77 bits per heavy atom. The maximum Gasteiger partial charge on any atom is 0.335 e. The summed E-state index contributed by atoms with van der Waals surface area (Å²) in [6.07, 6.45) is 2.32. The second-order valence-electron chi connectivity index (χ2n) is 4.99. The molecule has 2 rings (SSSR count). The second kappa shape index (κ2) is 7.09. The summed E-state index contributed by atoms with van der Waals surface area (Å²) in [6, 6.07) is 7.04. The molecule has 1 aliphatic rings. The Bertz CT molecular complexity index is 566. The molecule has 0 radical (unpaired) electrons. The first-order valence-electron chi connectivity index (χ1n) is 7.02. The lowest BCUT2D eigenvalue weighted by molar-refractivity contribution is -0.143. The number of aliphatic hydroxyl groups excluding tert-OH is 1. The standard InChI is InChI=1S/C16H19NO5/c1-2-8-16(15(19)20)11-22-14(17-16)12-4-6-13(7-5-12)21-10-3-9-18/h2,4-7,18H,1,3,8-11H2,(H,19,20)/t16-/m1/s1. The van der Waals surface area contributed by atoms with Crippen molar-refractivity contribution in [2.24, 2.45) is 4.99 Å². The van der Waals surface area contributed by atoms with Gasteiger partial charge in [-0.1, -0.05) is 6.08 Å². The minimum Gasteiger partial charge on any atom is -0.494 e. The van der Waals surface area contributed by atoms with E-state index in [1.807, 2.05) is 0 Å². The van der Waals surface area contributed by atoms with Crippen molar-refractivity contribution in [3.8, 4) is 5.75 Å². The Hall–Kier alpha value is -2.34. The second-order valence-corrected chi connectivity index (χ2v) is 4.99. The third kappa shape index (κ3) is 3.46. The molecule has 0 saturated carbocycles. The van der Waals surface area contributed by atoms with Gasteiger partial charge in [0.2, 0.25) is 5.90 Å². The van der Waals surface area contributed by atoms with Crippen molar-refractivity contribution in [3.63, 3.8) is 0 Å². The number of rotatable bonds is 8. The highest BCUT2D eigenvalue weighted by Gasteiger charge is 2.43. The lowest BCUT2D eigenvalue weighted by Gasteiger charge is -2.15. The molecule has 0 saturated heterocycles. The topological polar surface area (TPSA) is 88.4 Å². The van der Waals surface area contributed by atoms with Gasteiger partial charge in [-0.3, -0.25) is 0 Å². The molecule has 0 bridgehead atoms. The fourth-order valence-corrected chi connectivity index (χ4v) is 2.08. The SMILES string of the molecule is C=CC[C@]1(C(=O)O)COC(c2ccc(OCCCO)cc2)=N1. The molecule has 0 spiro atoms. The van der Waals surface area contributed by atoms with Crippen molar-refractivity contribution < 1.29 is 24.5 Å². The third-order valence-corrected chi connectivity index (χ3v) is 3.32. The minimum absolute atomic E-state index is 0.00155. The van der Waals surface area contributed by atoms with Crippen LogP contribution in [0.5, 0.6) is 5.75 Å². The van der Waals surface area contributed by atoms with Crippen molar-refractivity contribution in [2.75, 3.05) is 19.8 Å². The van der Waals surface area contributed by atoms with E-state index in [-0.39, 0.29) is 19.6 Å². The predicted molar refractivity (Wildman–Crippen MR) is 81.3 cm³/mol.